The Balaban J connectivity index is 0.000000453. The first-order chi connectivity index (χ1) is 20.8. The van der Waals surface area contributed by atoms with Crippen LogP contribution in [-0.4, -0.2) is 108 Å². The maximum Gasteiger partial charge on any atom is 0.305 e. The number of carbonyl (C=O) groups is 6. The van der Waals surface area contributed by atoms with Crippen molar-refractivity contribution in [1.82, 2.24) is 9.80 Å². The van der Waals surface area contributed by atoms with Gasteiger partial charge in [-0.3, -0.25) is 24.0 Å². The van der Waals surface area contributed by atoms with Crippen molar-refractivity contribution in [3.8, 4) is 0 Å². The van der Waals surface area contributed by atoms with Crippen LogP contribution < -0.4 is 0 Å². The maximum absolute atomic E-state index is 12.0. The van der Waals surface area contributed by atoms with E-state index in [0.717, 1.165) is 67.8 Å². The Hall–Kier alpha value is -2.34. The van der Waals surface area contributed by atoms with Gasteiger partial charge < -0.3 is 24.1 Å². The third-order valence-electron chi connectivity index (χ3n) is 7.18. The van der Waals surface area contributed by atoms with Gasteiger partial charge >= 0.3 is 11.9 Å². The minimum atomic E-state index is -0.229. The summed E-state index contributed by atoms with van der Waals surface area (Å²) in [7, 11) is 2.78. The molecule has 0 aromatic carbocycles. The van der Waals surface area contributed by atoms with E-state index in [1.807, 2.05) is 11.0 Å². The summed E-state index contributed by atoms with van der Waals surface area (Å²) in [5.41, 5.74) is 0. The van der Waals surface area contributed by atoms with Gasteiger partial charge in [-0.1, -0.05) is 25.8 Å². The Labute approximate surface area is 265 Å². The summed E-state index contributed by atoms with van der Waals surface area (Å²) in [6.07, 6.45) is 13.1. The van der Waals surface area contributed by atoms with Gasteiger partial charge in [0.05, 0.1) is 26.3 Å². The molecule has 0 aromatic heterocycles. The smallest absolute Gasteiger partial charge is 0.305 e. The van der Waals surface area contributed by atoms with E-state index in [0.29, 0.717) is 51.6 Å². The number of ketones is 1. The number of carbonyl (C=O) groups excluding carboxylic acids is 6. The molecule has 0 saturated carbocycles. The van der Waals surface area contributed by atoms with Crippen LogP contribution in [0.15, 0.2) is 12.2 Å². The molecule has 0 unspecified atom stereocenters. The van der Waals surface area contributed by atoms with Gasteiger partial charge in [-0.25, -0.2) is 0 Å². The van der Waals surface area contributed by atoms with Crippen LogP contribution in [0.25, 0.3) is 0 Å². The fourth-order valence-electron chi connectivity index (χ4n) is 4.66. The van der Waals surface area contributed by atoms with E-state index in [-0.39, 0.29) is 41.6 Å². The molecule has 2 rings (SSSR count). The molecule has 43 heavy (non-hydrogen) atoms. The highest BCUT2D eigenvalue weighted by Crippen LogP contribution is 2.21. The van der Waals surface area contributed by atoms with Gasteiger partial charge in [0.2, 0.25) is 11.8 Å². The number of esters is 2. The molecule has 2 saturated heterocycles. The number of thioether (sulfide) groups is 2. The summed E-state index contributed by atoms with van der Waals surface area (Å²) < 4.78 is 9.15. The Morgan fingerprint density at radius 1 is 0.767 bits per heavy atom. The van der Waals surface area contributed by atoms with Crippen LogP contribution in [0.4, 0.5) is 0 Å². The summed E-state index contributed by atoms with van der Waals surface area (Å²) in [5, 5.41) is 0. The van der Waals surface area contributed by atoms with E-state index in [1.54, 1.807) is 34.5 Å². The second kappa shape index (κ2) is 24.0. The first kappa shape index (κ1) is 38.7. The lowest BCUT2D eigenvalue weighted by atomic mass is 10.1. The highest BCUT2D eigenvalue weighted by atomic mass is 32.2. The van der Waals surface area contributed by atoms with Crippen molar-refractivity contribution in [1.29, 1.82) is 0 Å². The molecule has 2 amide bonds. The molecule has 2 aliphatic heterocycles. The van der Waals surface area contributed by atoms with Crippen molar-refractivity contribution in [2.24, 2.45) is 0 Å². The van der Waals surface area contributed by atoms with Crippen LogP contribution in [0.1, 0.15) is 84.0 Å². The number of aldehydes is 1. The van der Waals surface area contributed by atoms with E-state index in [2.05, 4.69) is 16.4 Å². The number of nitrogens with zero attached hydrogens (tertiary/aromatic N) is 2. The van der Waals surface area contributed by atoms with Gasteiger partial charge in [-0.15, -0.1) is 0 Å². The zero-order valence-corrected chi connectivity index (χ0v) is 27.7. The number of allylic oxidation sites excluding steroid dienone is 1. The zero-order chi connectivity index (χ0) is 31.9. The zero-order valence-electron chi connectivity index (χ0n) is 26.1. The van der Waals surface area contributed by atoms with Crippen molar-refractivity contribution >= 4 is 59.3 Å². The molecule has 2 fully saturated rings. The van der Waals surface area contributed by atoms with Gasteiger partial charge in [0.1, 0.15) is 6.29 Å². The third kappa shape index (κ3) is 16.9. The fraction of sp³-hybridized carbons (Fsp3) is 0.742. The number of ether oxygens (including phenoxy) is 2. The minimum Gasteiger partial charge on any atom is -0.469 e. The normalized spacial score (nSPS) is 18.1. The molecule has 0 spiro atoms. The van der Waals surface area contributed by atoms with Gasteiger partial charge in [0, 0.05) is 56.7 Å². The second-order valence-corrected chi connectivity index (χ2v) is 12.8. The van der Waals surface area contributed by atoms with Gasteiger partial charge in [0.15, 0.2) is 5.78 Å². The highest BCUT2D eigenvalue weighted by molar-refractivity contribution is 7.99. The van der Waals surface area contributed by atoms with E-state index < -0.39 is 0 Å². The molecular weight excluding hydrogens is 592 g/mol. The predicted octanol–water partition coefficient (Wildman–Crippen LogP) is 4.23. The second-order valence-electron chi connectivity index (χ2n) is 10.4. The number of amides is 2. The maximum atomic E-state index is 12.0. The lowest BCUT2D eigenvalue weighted by molar-refractivity contribution is -0.141. The van der Waals surface area contributed by atoms with Gasteiger partial charge in [-0.2, -0.15) is 23.5 Å². The number of unbranched alkanes of at least 4 members (excludes halogenated alkanes) is 2. The molecule has 12 heteroatoms. The number of methoxy groups -OCH3 is 2. The topological polar surface area (TPSA) is 127 Å². The van der Waals surface area contributed by atoms with Crippen molar-refractivity contribution in [3.05, 3.63) is 12.2 Å². The van der Waals surface area contributed by atoms with E-state index in [4.69, 9.17) is 0 Å². The molecule has 2 aliphatic rings. The van der Waals surface area contributed by atoms with E-state index in [9.17, 15) is 28.8 Å². The number of hydrogen-bond donors (Lipinski definition) is 0. The molecule has 0 bridgehead atoms. The highest BCUT2D eigenvalue weighted by Gasteiger charge is 2.30. The molecular formula is C31H50N2O8S2. The largest absolute Gasteiger partial charge is 0.469 e. The van der Waals surface area contributed by atoms with Crippen molar-refractivity contribution in [3.63, 3.8) is 0 Å². The SMILES string of the molecule is CCCCCC(=O)/C=C/[C@H]1CCC(=O)N1CCSCCCC(=O)OC.COC(=O)CCCSCCN1C(=O)CC[C@@H]1C=O. The predicted molar refractivity (Wildman–Crippen MR) is 171 cm³/mol. The van der Waals surface area contributed by atoms with Crippen molar-refractivity contribution in [2.45, 2.75) is 96.1 Å². The Bertz CT molecular complexity index is 914. The van der Waals surface area contributed by atoms with Crippen LogP contribution >= 0.6 is 23.5 Å². The average molecular weight is 643 g/mol. The van der Waals surface area contributed by atoms with Crippen LogP contribution in [0.3, 0.4) is 0 Å². The number of likely N-dealkylation sites (tertiary alicyclic amines) is 2. The first-order valence-electron chi connectivity index (χ1n) is 15.3. The molecule has 10 nitrogen and oxygen atoms in total. The first-order valence-corrected chi connectivity index (χ1v) is 17.6. The van der Waals surface area contributed by atoms with Gasteiger partial charge in [0.25, 0.3) is 0 Å². The van der Waals surface area contributed by atoms with Crippen LogP contribution in [0.2, 0.25) is 0 Å². The quantitative estimate of drug-likeness (QED) is 0.0777. The molecule has 0 aliphatic carbocycles. The lowest BCUT2D eigenvalue weighted by Gasteiger charge is -2.22. The van der Waals surface area contributed by atoms with Crippen molar-refractivity contribution in [2.75, 3.05) is 50.3 Å². The van der Waals surface area contributed by atoms with Crippen LogP contribution in [0, 0.1) is 0 Å². The molecule has 0 aromatic rings. The van der Waals surface area contributed by atoms with Crippen LogP contribution in [0.5, 0.6) is 0 Å². The summed E-state index contributed by atoms with van der Waals surface area (Å²) >= 11 is 3.43. The summed E-state index contributed by atoms with van der Waals surface area (Å²) in [6.45, 7) is 3.43. The van der Waals surface area contributed by atoms with Crippen molar-refractivity contribution < 1.29 is 38.2 Å². The monoisotopic (exact) mass is 642 g/mol. The Morgan fingerprint density at radius 3 is 1.77 bits per heavy atom. The molecule has 2 heterocycles. The Morgan fingerprint density at radius 2 is 1.28 bits per heavy atom. The summed E-state index contributed by atoms with van der Waals surface area (Å²) in [5.74, 6) is 3.43. The van der Waals surface area contributed by atoms with Crippen LogP contribution in [-0.2, 0) is 38.2 Å². The summed E-state index contributed by atoms with van der Waals surface area (Å²) in [4.78, 5) is 71.5. The van der Waals surface area contributed by atoms with Gasteiger partial charge in [-0.05, 0) is 49.7 Å². The average Bonchev–Trinajstić information content (AvgIpc) is 3.55. The fourth-order valence-corrected chi connectivity index (χ4v) is 6.41. The molecule has 2 atom stereocenters. The number of hydrogen-bond acceptors (Lipinski definition) is 10. The molecule has 0 N–H and O–H groups in total. The molecule has 244 valence electrons. The van der Waals surface area contributed by atoms with E-state index >= 15 is 0 Å². The summed E-state index contributed by atoms with van der Waals surface area (Å²) in [6, 6.07) is -0.175. The lowest BCUT2D eigenvalue weighted by Crippen LogP contribution is -2.35. The molecule has 0 radical (unpaired) electrons. The Kier molecular flexibility index (Phi) is 21.6. The minimum absolute atomic E-state index is 0.0540. The number of rotatable bonds is 21. The standard InChI is InChI=1S/C19H31NO4S.C12H19NO4S/c1-3-4-5-7-17(21)11-9-16-10-12-18(22)20(16)13-15-25-14-6-8-19(23)24-2;1-17-12(16)3-2-7-18-8-6-13-10(9-14)4-5-11(13)15/h9,11,16H,3-8,10,12-15H2,1-2H3;9-10H,2-8H2,1H3/b11-9+;/t16-;10-/m01/s1. The van der Waals surface area contributed by atoms with E-state index in [1.165, 1.54) is 14.2 Å². The third-order valence-corrected chi connectivity index (χ3v) is 9.28.